The van der Waals surface area contributed by atoms with Gasteiger partial charge in [0.05, 0.1) is 0 Å². The minimum Gasteiger partial charge on any atom is -0.371 e. The Hall–Kier alpha value is -1.05. The Morgan fingerprint density at radius 1 is 1.23 bits per heavy atom. The number of anilines is 1. The molecule has 1 saturated heterocycles. The molecule has 2 heterocycles. The summed E-state index contributed by atoms with van der Waals surface area (Å²) in [7, 11) is 0. The van der Waals surface area contributed by atoms with Crippen LogP contribution in [0.1, 0.15) is 12.8 Å². The van der Waals surface area contributed by atoms with Crippen LogP contribution in [-0.2, 0) is 0 Å². The topological polar surface area (TPSA) is 16.1 Å². The molecule has 2 heteroatoms. The highest BCUT2D eigenvalue weighted by molar-refractivity contribution is 5.44. The Bertz CT molecular complexity index is 250. The van der Waals surface area contributed by atoms with Gasteiger partial charge < -0.3 is 4.90 Å². The van der Waals surface area contributed by atoms with E-state index in [0.717, 1.165) is 13.1 Å². The van der Waals surface area contributed by atoms with E-state index in [1.807, 2.05) is 12.4 Å². The molecule has 0 saturated carbocycles. The third-order valence-electron chi connectivity index (χ3n) is 2.64. The first kappa shape index (κ1) is 8.54. The lowest BCUT2D eigenvalue weighted by Crippen LogP contribution is -2.32. The monoisotopic (exact) mass is 175 g/mol. The first-order valence-corrected chi connectivity index (χ1v) is 4.84. The Kier molecular flexibility index (Phi) is 2.48. The molecule has 0 spiro atoms. The average Bonchev–Trinajstić information content (AvgIpc) is 2.20. The maximum absolute atomic E-state index is 4.09. The summed E-state index contributed by atoms with van der Waals surface area (Å²) in [6, 6.07) is 4.15. The quantitative estimate of drug-likeness (QED) is 0.650. The van der Waals surface area contributed by atoms with Gasteiger partial charge in [-0.2, -0.15) is 0 Å². The second-order valence-corrected chi connectivity index (χ2v) is 3.64. The van der Waals surface area contributed by atoms with E-state index >= 15 is 0 Å². The van der Waals surface area contributed by atoms with Gasteiger partial charge in [0.1, 0.15) is 0 Å². The molecule has 69 valence electrons. The fourth-order valence-electron chi connectivity index (χ4n) is 1.75. The Morgan fingerprint density at radius 3 is 2.46 bits per heavy atom. The van der Waals surface area contributed by atoms with E-state index in [0.29, 0.717) is 5.92 Å². The molecule has 1 aromatic rings. The molecule has 0 aliphatic carbocycles. The normalized spacial score (nSPS) is 19.0. The molecule has 2 rings (SSSR count). The Labute approximate surface area is 79.6 Å². The number of aromatic nitrogens is 1. The zero-order valence-corrected chi connectivity index (χ0v) is 7.82. The third-order valence-corrected chi connectivity index (χ3v) is 2.64. The summed E-state index contributed by atoms with van der Waals surface area (Å²) in [5, 5.41) is 0. The molecule has 1 radical (unpaired) electrons. The minimum absolute atomic E-state index is 0.651. The average molecular weight is 175 g/mol. The highest BCUT2D eigenvalue weighted by Gasteiger charge is 2.15. The highest BCUT2D eigenvalue weighted by Crippen LogP contribution is 2.21. The van der Waals surface area contributed by atoms with Crippen molar-refractivity contribution < 1.29 is 0 Å². The molecule has 2 nitrogen and oxygen atoms in total. The van der Waals surface area contributed by atoms with Crippen molar-refractivity contribution in [1.82, 2.24) is 4.98 Å². The fourth-order valence-corrected chi connectivity index (χ4v) is 1.75. The van der Waals surface area contributed by atoms with Gasteiger partial charge in [0.25, 0.3) is 0 Å². The predicted octanol–water partition coefficient (Wildman–Crippen LogP) is 2.13. The smallest absolute Gasteiger partial charge is 0.0397 e. The molecule has 13 heavy (non-hydrogen) atoms. The van der Waals surface area contributed by atoms with Crippen LogP contribution in [0.15, 0.2) is 24.5 Å². The van der Waals surface area contributed by atoms with Gasteiger partial charge in [0.2, 0.25) is 0 Å². The summed E-state index contributed by atoms with van der Waals surface area (Å²) in [4.78, 5) is 6.42. The summed E-state index contributed by atoms with van der Waals surface area (Å²) >= 11 is 0. The van der Waals surface area contributed by atoms with Crippen LogP contribution in [0.5, 0.6) is 0 Å². The highest BCUT2D eigenvalue weighted by atomic mass is 15.1. The predicted molar refractivity (Wildman–Crippen MR) is 54.5 cm³/mol. The summed E-state index contributed by atoms with van der Waals surface area (Å²) < 4.78 is 0. The van der Waals surface area contributed by atoms with E-state index in [-0.39, 0.29) is 0 Å². The molecular weight excluding hydrogens is 160 g/mol. The molecule has 0 unspecified atom stereocenters. The number of pyridine rings is 1. The van der Waals surface area contributed by atoms with Crippen molar-refractivity contribution in [3.05, 3.63) is 31.5 Å². The lowest BCUT2D eigenvalue weighted by atomic mass is 9.99. The number of rotatable bonds is 1. The first-order chi connectivity index (χ1) is 6.36. The van der Waals surface area contributed by atoms with E-state index in [1.54, 1.807) is 0 Å². The van der Waals surface area contributed by atoms with Crippen LogP contribution in [0.25, 0.3) is 0 Å². The maximum Gasteiger partial charge on any atom is 0.0397 e. The molecule has 1 aliphatic rings. The molecule has 0 amide bonds. The number of hydrogen-bond donors (Lipinski definition) is 0. The molecule has 1 aromatic heterocycles. The fraction of sp³-hybridized carbons (Fsp3) is 0.455. The van der Waals surface area contributed by atoms with Crippen LogP contribution in [-0.4, -0.2) is 18.1 Å². The van der Waals surface area contributed by atoms with Crippen LogP contribution in [0.4, 0.5) is 5.69 Å². The second kappa shape index (κ2) is 3.77. The lowest BCUT2D eigenvalue weighted by Gasteiger charge is -2.31. The van der Waals surface area contributed by atoms with Crippen LogP contribution in [0.3, 0.4) is 0 Å². The standard InChI is InChI=1S/C11H15N2/c1-10-4-8-13(9-5-10)11-2-6-12-7-3-11/h2-3,6-7,10H,1,4-5,8-9H2. The number of hydrogen-bond acceptors (Lipinski definition) is 2. The van der Waals surface area contributed by atoms with Gasteiger partial charge in [-0.1, -0.05) is 6.92 Å². The maximum atomic E-state index is 4.09. The van der Waals surface area contributed by atoms with Gasteiger partial charge in [0, 0.05) is 31.2 Å². The molecule has 1 fully saturated rings. The van der Waals surface area contributed by atoms with Crippen molar-refractivity contribution in [2.75, 3.05) is 18.0 Å². The number of piperidine rings is 1. The summed E-state index contributed by atoms with van der Waals surface area (Å²) in [6.07, 6.45) is 6.13. The zero-order valence-electron chi connectivity index (χ0n) is 7.82. The summed E-state index contributed by atoms with van der Waals surface area (Å²) in [5.41, 5.74) is 1.29. The van der Waals surface area contributed by atoms with Crippen LogP contribution >= 0.6 is 0 Å². The second-order valence-electron chi connectivity index (χ2n) is 3.64. The summed E-state index contributed by atoms with van der Waals surface area (Å²) in [5.74, 6) is 0.651. The zero-order chi connectivity index (χ0) is 9.10. The largest absolute Gasteiger partial charge is 0.371 e. The van der Waals surface area contributed by atoms with E-state index in [9.17, 15) is 0 Å². The molecular formula is C11H15N2. The van der Waals surface area contributed by atoms with Crippen molar-refractivity contribution in [1.29, 1.82) is 0 Å². The first-order valence-electron chi connectivity index (χ1n) is 4.84. The van der Waals surface area contributed by atoms with Crippen molar-refractivity contribution in [2.24, 2.45) is 5.92 Å². The van der Waals surface area contributed by atoms with Crippen molar-refractivity contribution in [2.45, 2.75) is 12.8 Å². The van der Waals surface area contributed by atoms with Crippen molar-refractivity contribution in [3.63, 3.8) is 0 Å². The van der Waals surface area contributed by atoms with Gasteiger partial charge in [-0.05, 0) is 30.9 Å². The van der Waals surface area contributed by atoms with Gasteiger partial charge in [0.15, 0.2) is 0 Å². The van der Waals surface area contributed by atoms with Gasteiger partial charge in [-0.15, -0.1) is 0 Å². The third kappa shape index (κ3) is 2.00. The van der Waals surface area contributed by atoms with Crippen LogP contribution in [0.2, 0.25) is 0 Å². The van der Waals surface area contributed by atoms with Crippen molar-refractivity contribution in [3.8, 4) is 0 Å². The molecule has 0 aromatic carbocycles. The minimum atomic E-state index is 0.651. The van der Waals surface area contributed by atoms with Gasteiger partial charge in [-0.25, -0.2) is 0 Å². The van der Waals surface area contributed by atoms with E-state index < -0.39 is 0 Å². The molecule has 0 atom stereocenters. The Morgan fingerprint density at radius 2 is 1.85 bits per heavy atom. The summed E-state index contributed by atoms with van der Waals surface area (Å²) in [6.45, 7) is 6.36. The van der Waals surface area contributed by atoms with E-state index in [2.05, 4.69) is 28.9 Å². The van der Waals surface area contributed by atoms with Gasteiger partial charge >= 0.3 is 0 Å². The van der Waals surface area contributed by atoms with Crippen molar-refractivity contribution >= 4 is 5.69 Å². The van der Waals surface area contributed by atoms with Crippen LogP contribution < -0.4 is 4.90 Å². The van der Waals surface area contributed by atoms with Gasteiger partial charge in [-0.3, -0.25) is 4.98 Å². The number of nitrogens with zero attached hydrogens (tertiary/aromatic N) is 2. The molecule has 0 N–H and O–H groups in total. The van der Waals surface area contributed by atoms with E-state index in [4.69, 9.17) is 0 Å². The van der Waals surface area contributed by atoms with Crippen LogP contribution in [0, 0.1) is 12.8 Å². The molecule has 0 bridgehead atoms. The lowest BCUT2D eigenvalue weighted by molar-refractivity contribution is 0.476. The Balaban J connectivity index is 2.03. The SMILES string of the molecule is [CH2]C1CCN(c2ccncc2)CC1. The molecule has 1 aliphatic heterocycles. The van der Waals surface area contributed by atoms with E-state index in [1.165, 1.54) is 18.5 Å².